The Hall–Kier alpha value is -7.63. The molecule has 0 aliphatic carbocycles. The van der Waals surface area contributed by atoms with Gasteiger partial charge in [0.05, 0.1) is 22.1 Å². The predicted octanol–water partition coefficient (Wildman–Crippen LogP) is 13.2. The van der Waals surface area contributed by atoms with Gasteiger partial charge < -0.3 is 8.98 Å². The minimum absolute atomic E-state index is 0.615. The Balaban J connectivity index is 1.16. The first-order chi connectivity index (χ1) is 27.8. The van der Waals surface area contributed by atoms with Crippen LogP contribution in [0.2, 0.25) is 0 Å². The van der Waals surface area contributed by atoms with Gasteiger partial charge >= 0.3 is 0 Å². The molecule has 0 atom stereocenters. The molecular weight excluding hydrogens is 685 g/mol. The van der Waals surface area contributed by atoms with Crippen molar-refractivity contribution < 1.29 is 4.42 Å². The lowest BCUT2D eigenvalue weighted by atomic mass is 9.95. The summed E-state index contributed by atoms with van der Waals surface area (Å²) in [6.07, 6.45) is 0. The van der Waals surface area contributed by atoms with Gasteiger partial charge in [-0.2, -0.15) is 0 Å². The van der Waals surface area contributed by atoms with Crippen LogP contribution in [-0.4, -0.2) is 19.5 Å². The van der Waals surface area contributed by atoms with Crippen molar-refractivity contribution in [3.63, 3.8) is 0 Å². The van der Waals surface area contributed by atoms with Crippen LogP contribution in [0.25, 0.3) is 106 Å². The average Bonchev–Trinajstić information content (AvgIpc) is 3.83. The Bertz CT molecular complexity index is 3180. The van der Waals surface area contributed by atoms with Crippen LogP contribution in [0.3, 0.4) is 0 Å². The van der Waals surface area contributed by atoms with E-state index in [1.165, 1.54) is 16.5 Å². The molecule has 5 heteroatoms. The van der Waals surface area contributed by atoms with Crippen LogP contribution in [0, 0.1) is 0 Å². The molecule has 0 saturated heterocycles. The topological polar surface area (TPSA) is 56.7 Å². The summed E-state index contributed by atoms with van der Waals surface area (Å²) in [4.78, 5) is 15.1. The number of benzene rings is 8. The first-order valence-electron chi connectivity index (χ1n) is 18.8. The number of para-hydroxylation sites is 1. The summed E-state index contributed by atoms with van der Waals surface area (Å²) in [5.41, 5.74) is 12.3. The fraction of sp³-hybridized carbons (Fsp3) is 0. The number of fused-ring (bicyclic) bond motifs is 6. The van der Waals surface area contributed by atoms with Crippen LogP contribution in [0.5, 0.6) is 0 Å². The van der Waals surface area contributed by atoms with Crippen molar-refractivity contribution >= 4 is 43.7 Å². The summed E-state index contributed by atoms with van der Waals surface area (Å²) in [5, 5.41) is 4.46. The predicted molar refractivity (Wildman–Crippen MR) is 229 cm³/mol. The summed E-state index contributed by atoms with van der Waals surface area (Å²) in [6.45, 7) is 0. The minimum atomic E-state index is 0.615. The molecule has 0 saturated carbocycles. The Morgan fingerprint density at radius 2 is 0.875 bits per heavy atom. The van der Waals surface area contributed by atoms with Crippen LogP contribution in [0.15, 0.2) is 199 Å². The number of rotatable bonds is 6. The second-order valence-corrected chi connectivity index (χ2v) is 14.0. The van der Waals surface area contributed by atoms with Gasteiger partial charge in [-0.25, -0.2) is 15.0 Å². The van der Waals surface area contributed by atoms with E-state index >= 15 is 0 Å². The number of aromatic nitrogens is 4. The Labute approximate surface area is 322 Å². The van der Waals surface area contributed by atoms with Gasteiger partial charge in [0.15, 0.2) is 17.5 Å². The molecule has 3 aromatic heterocycles. The molecule has 0 aliphatic rings. The van der Waals surface area contributed by atoms with Crippen molar-refractivity contribution in [2.75, 3.05) is 0 Å². The molecule has 0 aliphatic heterocycles. The summed E-state index contributed by atoms with van der Waals surface area (Å²) < 4.78 is 9.03. The third-order valence-corrected chi connectivity index (χ3v) is 10.7. The lowest BCUT2D eigenvalue weighted by Crippen LogP contribution is -2.00. The Morgan fingerprint density at radius 1 is 0.339 bits per heavy atom. The van der Waals surface area contributed by atoms with Crippen molar-refractivity contribution in [3.8, 4) is 62.1 Å². The van der Waals surface area contributed by atoms with E-state index < -0.39 is 0 Å². The third-order valence-electron chi connectivity index (χ3n) is 10.7. The van der Waals surface area contributed by atoms with E-state index in [2.05, 4.69) is 138 Å². The molecule has 0 amide bonds. The number of hydrogen-bond donors (Lipinski definition) is 0. The molecule has 0 N–H and O–H groups in total. The Morgan fingerprint density at radius 3 is 1.59 bits per heavy atom. The van der Waals surface area contributed by atoms with Crippen LogP contribution in [0.4, 0.5) is 0 Å². The van der Waals surface area contributed by atoms with Crippen molar-refractivity contribution in [2.24, 2.45) is 0 Å². The van der Waals surface area contributed by atoms with Gasteiger partial charge in [0.25, 0.3) is 0 Å². The maximum atomic E-state index is 6.66. The first kappa shape index (κ1) is 31.9. The van der Waals surface area contributed by atoms with E-state index in [1.54, 1.807) is 0 Å². The second-order valence-electron chi connectivity index (χ2n) is 14.0. The highest BCUT2D eigenvalue weighted by Gasteiger charge is 2.21. The molecule has 8 aromatic carbocycles. The van der Waals surface area contributed by atoms with Gasteiger partial charge in [0.2, 0.25) is 0 Å². The van der Waals surface area contributed by atoms with Gasteiger partial charge in [-0.15, -0.1) is 0 Å². The molecule has 0 bridgehead atoms. The fourth-order valence-corrected chi connectivity index (χ4v) is 8.08. The minimum Gasteiger partial charge on any atom is -0.456 e. The molecule has 262 valence electrons. The molecule has 11 aromatic rings. The van der Waals surface area contributed by atoms with Crippen LogP contribution < -0.4 is 0 Å². The molecule has 11 rings (SSSR count). The molecule has 56 heavy (non-hydrogen) atoms. The molecule has 0 spiro atoms. The van der Waals surface area contributed by atoms with Gasteiger partial charge in [-0.1, -0.05) is 158 Å². The number of hydrogen-bond acceptors (Lipinski definition) is 4. The third kappa shape index (κ3) is 5.29. The number of nitrogens with zero attached hydrogens (tertiary/aromatic N) is 4. The fourth-order valence-electron chi connectivity index (χ4n) is 8.08. The SMILES string of the molecule is c1ccc(-c2cccc(-c3cccc4oc5cccc(-n6c7ccccc7c7ccc(-c8nc(-c9ccccc9)nc(-c9ccccc9)n8)cc76)c5c34)c2)cc1. The van der Waals surface area contributed by atoms with E-state index in [9.17, 15) is 0 Å². The summed E-state index contributed by atoms with van der Waals surface area (Å²) >= 11 is 0. The normalized spacial score (nSPS) is 11.6. The van der Waals surface area contributed by atoms with E-state index in [1.807, 2.05) is 60.7 Å². The molecular formula is C51H32N4O. The quantitative estimate of drug-likeness (QED) is 0.172. The van der Waals surface area contributed by atoms with Crippen LogP contribution in [-0.2, 0) is 0 Å². The van der Waals surface area contributed by atoms with Gasteiger partial charge in [0.1, 0.15) is 11.2 Å². The van der Waals surface area contributed by atoms with E-state index in [4.69, 9.17) is 19.4 Å². The zero-order valence-corrected chi connectivity index (χ0v) is 30.2. The van der Waals surface area contributed by atoms with Crippen molar-refractivity contribution in [2.45, 2.75) is 0 Å². The highest BCUT2D eigenvalue weighted by molar-refractivity contribution is 6.18. The van der Waals surface area contributed by atoms with Crippen LogP contribution in [0.1, 0.15) is 0 Å². The summed E-state index contributed by atoms with van der Waals surface area (Å²) in [7, 11) is 0. The van der Waals surface area contributed by atoms with Gasteiger partial charge in [0, 0.05) is 32.8 Å². The maximum Gasteiger partial charge on any atom is 0.164 e. The highest BCUT2D eigenvalue weighted by atomic mass is 16.3. The average molecular weight is 717 g/mol. The molecule has 0 fully saturated rings. The summed E-state index contributed by atoms with van der Waals surface area (Å²) in [5.74, 6) is 1.88. The molecule has 5 nitrogen and oxygen atoms in total. The van der Waals surface area contributed by atoms with Crippen molar-refractivity contribution in [1.82, 2.24) is 19.5 Å². The van der Waals surface area contributed by atoms with E-state index in [0.29, 0.717) is 17.5 Å². The maximum absolute atomic E-state index is 6.66. The highest BCUT2D eigenvalue weighted by Crippen LogP contribution is 2.43. The largest absolute Gasteiger partial charge is 0.456 e. The standard InChI is InChI=1S/C51H32N4O/c1-4-15-33(16-5-1)36-21-12-22-37(31-36)39-24-13-27-45-47(39)48-43(26-14-28-46(48)56-45)55-42-25-11-10-23-40(42)41-30-29-38(32-44(41)55)51-53-49(34-17-6-2-7-18-34)52-50(54-51)35-19-8-3-9-20-35/h1-32H. The number of furan rings is 1. The van der Waals surface area contributed by atoms with Crippen molar-refractivity contribution in [1.29, 1.82) is 0 Å². The Kier molecular flexibility index (Phi) is 7.42. The zero-order chi connectivity index (χ0) is 37.0. The second kappa shape index (κ2) is 13.0. The molecule has 0 radical (unpaired) electrons. The lowest BCUT2D eigenvalue weighted by Gasteiger charge is -2.12. The van der Waals surface area contributed by atoms with E-state index in [0.717, 1.165) is 71.9 Å². The van der Waals surface area contributed by atoms with Crippen molar-refractivity contribution in [3.05, 3.63) is 194 Å². The van der Waals surface area contributed by atoms with Crippen LogP contribution >= 0.6 is 0 Å². The van der Waals surface area contributed by atoms with E-state index in [-0.39, 0.29) is 0 Å². The molecule has 0 unspecified atom stereocenters. The van der Waals surface area contributed by atoms with Gasteiger partial charge in [-0.05, 0) is 58.7 Å². The lowest BCUT2D eigenvalue weighted by molar-refractivity contribution is 0.669. The zero-order valence-electron chi connectivity index (χ0n) is 30.2. The first-order valence-corrected chi connectivity index (χ1v) is 18.8. The molecule has 3 heterocycles. The monoisotopic (exact) mass is 716 g/mol. The van der Waals surface area contributed by atoms with Gasteiger partial charge in [-0.3, -0.25) is 0 Å². The smallest absolute Gasteiger partial charge is 0.164 e. The summed E-state index contributed by atoms with van der Waals surface area (Å²) in [6, 6.07) is 67.4.